The molecule has 1 aromatic rings. The summed E-state index contributed by atoms with van der Waals surface area (Å²) in [5.74, 6) is 1.20. The lowest BCUT2D eigenvalue weighted by molar-refractivity contribution is 0.0897. The quantitative estimate of drug-likeness (QED) is 0.733. The average molecular weight is 411 g/mol. The minimum atomic E-state index is -0.292. The Morgan fingerprint density at radius 3 is 2.65 bits per heavy atom. The Hall–Kier alpha value is -0.530. The van der Waals surface area contributed by atoms with Gasteiger partial charge in [-0.05, 0) is 66.5 Å². The first-order chi connectivity index (χ1) is 9.00. The summed E-state index contributed by atoms with van der Waals surface area (Å²) >= 11 is 2.15. The number of amides is 1. The molecule has 1 fully saturated rings. The Balaban J connectivity index is 0.00000200. The fourth-order valence-electron chi connectivity index (χ4n) is 2.17. The predicted octanol–water partition coefficient (Wildman–Crippen LogP) is 2.58. The largest absolute Gasteiger partial charge is 0.497 e. The number of carbonyl (C=O) groups excluding carboxylic acids is 1. The first-order valence-electron chi connectivity index (χ1n) is 6.36. The molecular formula is C14H20ClIN2O2. The molecule has 20 heavy (non-hydrogen) atoms. The third kappa shape index (κ3) is 3.77. The maximum atomic E-state index is 12.4. The van der Waals surface area contributed by atoms with Gasteiger partial charge in [-0.25, -0.2) is 0 Å². The average Bonchev–Trinajstić information content (AvgIpc) is 3.22. The summed E-state index contributed by atoms with van der Waals surface area (Å²) in [6.07, 6.45) is 2.29. The molecule has 1 aromatic carbocycles. The number of nitrogens with two attached hydrogens (primary N) is 1. The van der Waals surface area contributed by atoms with E-state index < -0.39 is 0 Å². The number of rotatable bonds is 5. The van der Waals surface area contributed by atoms with Crippen molar-refractivity contribution in [3.05, 3.63) is 27.3 Å². The highest BCUT2D eigenvalue weighted by atomic mass is 127. The van der Waals surface area contributed by atoms with Gasteiger partial charge in [-0.3, -0.25) is 4.79 Å². The maximum absolute atomic E-state index is 12.4. The van der Waals surface area contributed by atoms with Crippen LogP contribution in [-0.4, -0.2) is 25.1 Å². The van der Waals surface area contributed by atoms with Gasteiger partial charge in [0, 0.05) is 10.1 Å². The second kappa shape index (κ2) is 6.95. The molecule has 0 radical (unpaired) electrons. The lowest BCUT2D eigenvalue weighted by atomic mass is 9.95. The van der Waals surface area contributed by atoms with Crippen LogP contribution in [0.25, 0.3) is 0 Å². The third-order valence-electron chi connectivity index (χ3n) is 3.72. The first-order valence-corrected chi connectivity index (χ1v) is 7.44. The van der Waals surface area contributed by atoms with Crippen molar-refractivity contribution in [2.24, 2.45) is 11.7 Å². The molecule has 2 rings (SSSR count). The molecule has 0 spiro atoms. The fraction of sp³-hybridized carbons (Fsp3) is 0.500. The van der Waals surface area contributed by atoms with Gasteiger partial charge in [-0.15, -0.1) is 12.4 Å². The molecule has 0 aliphatic heterocycles. The minimum absolute atomic E-state index is 0. The third-order valence-corrected chi connectivity index (χ3v) is 4.61. The highest BCUT2D eigenvalue weighted by Gasteiger charge is 2.41. The van der Waals surface area contributed by atoms with Crippen molar-refractivity contribution >= 4 is 40.9 Å². The molecule has 0 saturated heterocycles. The molecule has 4 nitrogen and oxygen atoms in total. The van der Waals surface area contributed by atoms with E-state index in [1.54, 1.807) is 19.2 Å². The lowest BCUT2D eigenvalue weighted by Crippen LogP contribution is -2.53. The van der Waals surface area contributed by atoms with E-state index in [0.717, 1.165) is 22.2 Å². The second-order valence-corrected chi connectivity index (χ2v) is 6.36. The van der Waals surface area contributed by atoms with E-state index in [-0.39, 0.29) is 23.9 Å². The Morgan fingerprint density at radius 1 is 1.55 bits per heavy atom. The van der Waals surface area contributed by atoms with Crippen molar-refractivity contribution in [1.29, 1.82) is 0 Å². The van der Waals surface area contributed by atoms with Crippen LogP contribution in [0.15, 0.2) is 18.2 Å². The molecule has 0 aromatic heterocycles. The van der Waals surface area contributed by atoms with Crippen LogP contribution in [0, 0.1) is 9.49 Å². The molecule has 6 heteroatoms. The summed E-state index contributed by atoms with van der Waals surface area (Å²) in [5.41, 5.74) is 6.20. The zero-order valence-electron chi connectivity index (χ0n) is 11.6. The number of hydrogen-bond acceptors (Lipinski definition) is 3. The zero-order chi connectivity index (χ0) is 14.0. The van der Waals surface area contributed by atoms with E-state index in [0.29, 0.717) is 18.0 Å². The van der Waals surface area contributed by atoms with Crippen molar-refractivity contribution in [2.45, 2.75) is 25.3 Å². The Kier molecular flexibility index (Phi) is 6.09. The normalized spacial score (nSPS) is 16.8. The van der Waals surface area contributed by atoms with Gasteiger partial charge in [-0.1, -0.05) is 0 Å². The van der Waals surface area contributed by atoms with Crippen LogP contribution < -0.4 is 15.8 Å². The van der Waals surface area contributed by atoms with Gasteiger partial charge in [0.2, 0.25) is 0 Å². The van der Waals surface area contributed by atoms with E-state index in [4.69, 9.17) is 10.5 Å². The van der Waals surface area contributed by atoms with Crippen molar-refractivity contribution in [1.82, 2.24) is 5.32 Å². The van der Waals surface area contributed by atoms with Crippen LogP contribution in [0.5, 0.6) is 5.75 Å². The van der Waals surface area contributed by atoms with Crippen molar-refractivity contribution in [3.8, 4) is 5.75 Å². The van der Waals surface area contributed by atoms with Gasteiger partial charge in [0.1, 0.15) is 5.75 Å². The van der Waals surface area contributed by atoms with E-state index in [1.807, 2.05) is 13.0 Å². The summed E-state index contributed by atoms with van der Waals surface area (Å²) in [4.78, 5) is 12.4. The van der Waals surface area contributed by atoms with Crippen LogP contribution in [0.1, 0.15) is 30.1 Å². The number of methoxy groups -OCH3 is 1. The standard InChI is InChI=1S/C14H19IN2O2.ClH/c1-14(8-16,9-3-4-9)17-13(18)11-6-5-10(19-2)7-12(11)15;/h5-7,9H,3-4,8,16H2,1-2H3,(H,17,18);1H. The highest BCUT2D eigenvalue weighted by Crippen LogP contribution is 2.39. The number of carbonyl (C=O) groups is 1. The minimum Gasteiger partial charge on any atom is -0.497 e. The summed E-state index contributed by atoms with van der Waals surface area (Å²) in [7, 11) is 1.61. The predicted molar refractivity (Wildman–Crippen MR) is 90.6 cm³/mol. The van der Waals surface area contributed by atoms with Crippen LogP contribution in [-0.2, 0) is 0 Å². The molecule has 3 N–H and O–H groups in total. The molecule has 1 atom stereocenters. The van der Waals surface area contributed by atoms with Gasteiger partial charge >= 0.3 is 0 Å². The molecule has 0 heterocycles. The fourth-order valence-corrected chi connectivity index (χ4v) is 2.91. The number of halogens is 2. The smallest absolute Gasteiger partial charge is 0.252 e. The van der Waals surface area contributed by atoms with Gasteiger partial charge < -0.3 is 15.8 Å². The zero-order valence-corrected chi connectivity index (χ0v) is 14.6. The summed E-state index contributed by atoms with van der Waals surface area (Å²) in [6.45, 7) is 2.50. The van der Waals surface area contributed by atoms with Gasteiger partial charge in [-0.2, -0.15) is 0 Å². The molecular weight excluding hydrogens is 391 g/mol. The number of hydrogen-bond donors (Lipinski definition) is 2. The van der Waals surface area contributed by atoms with Crippen molar-refractivity contribution < 1.29 is 9.53 Å². The second-order valence-electron chi connectivity index (χ2n) is 5.20. The van der Waals surface area contributed by atoms with E-state index in [1.165, 1.54) is 0 Å². The molecule has 112 valence electrons. The Labute approximate surface area is 139 Å². The Morgan fingerprint density at radius 2 is 2.20 bits per heavy atom. The Bertz CT molecular complexity index is 494. The SMILES string of the molecule is COc1ccc(C(=O)NC(C)(CN)C2CC2)c(I)c1.Cl. The van der Waals surface area contributed by atoms with Crippen molar-refractivity contribution in [3.63, 3.8) is 0 Å². The molecule has 0 bridgehead atoms. The van der Waals surface area contributed by atoms with Crippen LogP contribution in [0.3, 0.4) is 0 Å². The van der Waals surface area contributed by atoms with Crippen LogP contribution in [0.4, 0.5) is 0 Å². The molecule has 1 unspecified atom stereocenters. The molecule has 1 amide bonds. The lowest BCUT2D eigenvalue weighted by Gasteiger charge is -2.29. The summed E-state index contributed by atoms with van der Waals surface area (Å²) < 4.78 is 6.02. The number of nitrogens with one attached hydrogen (secondary N) is 1. The van der Waals surface area contributed by atoms with Gasteiger partial charge in [0.15, 0.2) is 0 Å². The topological polar surface area (TPSA) is 64.3 Å². The van der Waals surface area contributed by atoms with Gasteiger partial charge in [0.25, 0.3) is 5.91 Å². The van der Waals surface area contributed by atoms with Crippen molar-refractivity contribution in [2.75, 3.05) is 13.7 Å². The molecule has 1 saturated carbocycles. The van der Waals surface area contributed by atoms with Crippen LogP contribution in [0.2, 0.25) is 0 Å². The molecule has 1 aliphatic carbocycles. The van der Waals surface area contributed by atoms with E-state index >= 15 is 0 Å². The van der Waals surface area contributed by atoms with Crippen LogP contribution >= 0.6 is 35.0 Å². The number of benzene rings is 1. The maximum Gasteiger partial charge on any atom is 0.252 e. The monoisotopic (exact) mass is 410 g/mol. The summed E-state index contributed by atoms with van der Waals surface area (Å²) in [5, 5.41) is 3.09. The number of ether oxygens (including phenoxy) is 1. The highest BCUT2D eigenvalue weighted by molar-refractivity contribution is 14.1. The first kappa shape index (κ1) is 17.5. The summed E-state index contributed by atoms with van der Waals surface area (Å²) in [6, 6.07) is 5.44. The van der Waals surface area contributed by atoms with E-state index in [9.17, 15) is 4.79 Å². The van der Waals surface area contributed by atoms with E-state index in [2.05, 4.69) is 27.9 Å². The molecule has 1 aliphatic rings. The van der Waals surface area contributed by atoms with Gasteiger partial charge in [0.05, 0.1) is 18.2 Å².